The smallest absolute Gasteiger partial charge is 0.371 e. The number of hydrogen-bond acceptors (Lipinski definition) is 2. The van der Waals surface area contributed by atoms with Crippen molar-refractivity contribution in [3.63, 3.8) is 0 Å². The lowest BCUT2D eigenvalue weighted by atomic mass is 10.3. The second kappa shape index (κ2) is 4.83. The maximum atomic E-state index is 13.0. The predicted octanol–water partition coefficient (Wildman–Crippen LogP) is 1.93. The third kappa shape index (κ3) is 2.42. The Bertz CT molecular complexity index is 312. The van der Waals surface area contributed by atoms with Gasteiger partial charge in [0, 0.05) is 20.3 Å². The highest BCUT2D eigenvalue weighted by atomic mass is 28.4. The first-order valence-corrected chi connectivity index (χ1v) is 6.67. The van der Waals surface area contributed by atoms with Gasteiger partial charge < -0.3 is 8.85 Å². The highest BCUT2D eigenvalue weighted by Gasteiger charge is 2.36. The van der Waals surface area contributed by atoms with Gasteiger partial charge in [-0.2, -0.15) is 0 Å². The maximum absolute atomic E-state index is 13.0. The molecule has 0 saturated heterocycles. The molecule has 0 unspecified atom stereocenters. The predicted molar refractivity (Wildman–Crippen MR) is 56.2 cm³/mol. The SMILES string of the molecule is CC[Si](OC)(OC)c1cc(F)cc(F)c1. The van der Waals surface area contributed by atoms with Crippen molar-refractivity contribution in [3.8, 4) is 0 Å². The first-order valence-electron chi connectivity index (χ1n) is 4.65. The standard InChI is InChI=1S/C10H14F2O2Si/c1-4-15(13-2,14-3)10-6-8(11)5-9(12)7-10/h5-7H,4H2,1-3H3. The minimum atomic E-state index is -2.64. The van der Waals surface area contributed by atoms with E-state index < -0.39 is 20.2 Å². The summed E-state index contributed by atoms with van der Waals surface area (Å²) in [7, 11) is 0.368. The fourth-order valence-corrected chi connectivity index (χ4v) is 3.92. The highest BCUT2D eigenvalue weighted by Crippen LogP contribution is 2.13. The molecule has 0 bridgehead atoms. The van der Waals surface area contributed by atoms with Crippen LogP contribution in [0.1, 0.15) is 6.92 Å². The average Bonchev–Trinajstić information content (AvgIpc) is 2.20. The molecule has 2 nitrogen and oxygen atoms in total. The molecule has 84 valence electrons. The van der Waals surface area contributed by atoms with Crippen molar-refractivity contribution >= 4 is 13.7 Å². The first-order chi connectivity index (χ1) is 7.07. The molecule has 0 saturated carbocycles. The zero-order chi connectivity index (χ0) is 11.5. The fraction of sp³-hybridized carbons (Fsp3) is 0.400. The van der Waals surface area contributed by atoms with E-state index in [0.29, 0.717) is 11.2 Å². The number of hydrogen-bond donors (Lipinski definition) is 0. The molecule has 1 aromatic carbocycles. The van der Waals surface area contributed by atoms with Crippen LogP contribution in [0, 0.1) is 11.6 Å². The van der Waals surface area contributed by atoms with Crippen LogP contribution in [0.4, 0.5) is 8.78 Å². The molecule has 0 atom stereocenters. The van der Waals surface area contributed by atoms with E-state index in [1.165, 1.54) is 26.4 Å². The lowest BCUT2D eigenvalue weighted by molar-refractivity contribution is 0.258. The van der Waals surface area contributed by atoms with E-state index in [1.54, 1.807) is 0 Å². The summed E-state index contributed by atoms with van der Waals surface area (Å²) in [6.45, 7) is 1.88. The van der Waals surface area contributed by atoms with Crippen LogP contribution in [0.3, 0.4) is 0 Å². The molecule has 0 aromatic heterocycles. The minimum absolute atomic E-state index is 0.479. The van der Waals surface area contributed by atoms with Crippen molar-refractivity contribution in [1.82, 2.24) is 0 Å². The molecule has 0 amide bonds. The van der Waals surface area contributed by atoms with Crippen LogP contribution in [0.5, 0.6) is 0 Å². The Kier molecular flexibility index (Phi) is 3.95. The summed E-state index contributed by atoms with van der Waals surface area (Å²) in [4.78, 5) is 0. The van der Waals surface area contributed by atoms with Crippen LogP contribution in [0.2, 0.25) is 6.04 Å². The molecule has 1 rings (SSSR count). The average molecular weight is 232 g/mol. The van der Waals surface area contributed by atoms with E-state index in [4.69, 9.17) is 8.85 Å². The van der Waals surface area contributed by atoms with Gasteiger partial charge in [0.05, 0.1) is 0 Å². The molecular formula is C10H14F2O2Si. The topological polar surface area (TPSA) is 18.5 Å². The monoisotopic (exact) mass is 232 g/mol. The first kappa shape index (κ1) is 12.3. The fourth-order valence-electron chi connectivity index (χ4n) is 1.59. The van der Waals surface area contributed by atoms with Crippen LogP contribution in [0.15, 0.2) is 18.2 Å². The van der Waals surface area contributed by atoms with E-state index in [-0.39, 0.29) is 0 Å². The zero-order valence-corrected chi connectivity index (χ0v) is 10.0. The number of benzene rings is 1. The van der Waals surface area contributed by atoms with E-state index in [1.807, 2.05) is 6.92 Å². The van der Waals surface area contributed by atoms with E-state index >= 15 is 0 Å². The van der Waals surface area contributed by atoms with Crippen LogP contribution >= 0.6 is 0 Å². The second-order valence-corrected chi connectivity index (χ2v) is 6.78. The quantitative estimate of drug-likeness (QED) is 0.738. The Morgan fingerprint density at radius 2 is 1.53 bits per heavy atom. The Morgan fingerprint density at radius 1 is 1.07 bits per heavy atom. The normalized spacial score (nSPS) is 11.8. The Balaban J connectivity index is 3.22. The van der Waals surface area contributed by atoms with Gasteiger partial charge in [-0.15, -0.1) is 0 Å². The molecular weight excluding hydrogens is 218 g/mol. The molecule has 15 heavy (non-hydrogen) atoms. The van der Waals surface area contributed by atoms with Crippen molar-refractivity contribution in [3.05, 3.63) is 29.8 Å². The van der Waals surface area contributed by atoms with Crippen LogP contribution in [-0.2, 0) is 8.85 Å². The molecule has 1 aromatic rings. The van der Waals surface area contributed by atoms with Gasteiger partial charge in [-0.05, 0) is 23.4 Å². The van der Waals surface area contributed by atoms with E-state index in [0.717, 1.165) is 6.07 Å². The van der Waals surface area contributed by atoms with E-state index in [2.05, 4.69) is 0 Å². The summed E-state index contributed by atoms with van der Waals surface area (Å²) < 4.78 is 36.7. The van der Waals surface area contributed by atoms with E-state index in [9.17, 15) is 8.78 Å². The number of rotatable bonds is 4. The van der Waals surface area contributed by atoms with Crippen molar-refractivity contribution in [2.45, 2.75) is 13.0 Å². The molecule has 0 radical (unpaired) electrons. The molecule has 0 heterocycles. The summed E-state index contributed by atoms with van der Waals surface area (Å²) >= 11 is 0. The van der Waals surface area contributed by atoms with Gasteiger partial charge >= 0.3 is 8.56 Å². The van der Waals surface area contributed by atoms with Crippen molar-refractivity contribution in [2.75, 3.05) is 14.2 Å². The van der Waals surface area contributed by atoms with Crippen LogP contribution < -0.4 is 5.19 Å². The molecule has 0 aliphatic carbocycles. The highest BCUT2D eigenvalue weighted by molar-refractivity contribution is 6.81. The second-order valence-electron chi connectivity index (χ2n) is 3.17. The Labute approximate surface area is 89.1 Å². The lowest BCUT2D eigenvalue weighted by Crippen LogP contribution is -2.52. The van der Waals surface area contributed by atoms with Gasteiger partial charge in [0.1, 0.15) is 11.6 Å². The molecule has 0 spiro atoms. The van der Waals surface area contributed by atoms with Gasteiger partial charge in [-0.25, -0.2) is 8.78 Å². The number of halogens is 2. The Hall–Kier alpha value is -0.783. The third-order valence-electron chi connectivity index (χ3n) is 2.43. The van der Waals surface area contributed by atoms with Crippen LogP contribution in [0.25, 0.3) is 0 Å². The van der Waals surface area contributed by atoms with Gasteiger partial charge in [0.25, 0.3) is 0 Å². The van der Waals surface area contributed by atoms with Crippen molar-refractivity contribution in [2.24, 2.45) is 0 Å². The van der Waals surface area contributed by atoms with Crippen LogP contribution in [-0.4, -0.2) is 22.8 Å². The van der Waals surface area contributed by atoms with Gasteiger partial charge in [0.2, 0.25) is 0 Å². The lowest BCUT2D eigenvalue weighted by Gasteiger charge is -2.26. The van der Waals surface area contributed by atoms with Crippen molar-refractivity contribution < 1.29 is 17.6 Å². The maximum Gasteiger partial charge on any atom is 0.371 e. The van der Waals surface area contributed by atoms with Gasteiger partial charge in [-0.1, -0.05) is 6.92 Å². The summed E-state index contributed by atoms with van der Waals surface area (Å²) in [6.07, 6.45) is 0. The molecule has 5 heteroatoms. The van der Waals surface area contributed by atoms with Gasteiger partial charge in [-0.3, -0.25) is 0 Å². The molecule has 0 aliphatic heterocycles. The third-order valence-corrected chi connectivity index (χ3v) is 5.85. The summed E-state index contributed by atoms with van der Waals surface area (Å²) in [5.41, 5.74) is 0. The summed E-state index contributed by atoms with van der Waals surface area (Å²) in [5.74, 6) is -1.21. The summed E-state index contributed by atoms with van der Waals surface area (Å²) in [6, 6.07) is 3.98. The molecule has 0 fully saturated rings. The summed E-state index contributed by atoms with van der Waals surface area (Å²) in [5, 5.41) is 0.479. The largest absolute Gasteiger partial charge is 0.394 e. The molecule has 0 N–H and O–H groups in total. The Morgan fingerprint density at radius 3 is 1.87 bits per heavy atom. The zero-order valence-electron chi connectivity index (χ0n) is 9.01. The molecule has 0 aliphatic rings. The van der Waals surface area contributed by atoms with Gasteiger partial charge in [0.15, 0.2) is 0 Å². The minimum Gasteiger partial charge on any atom is -0.394 e. The van der Waals surface area contributed by atoms with Crippen molar-refractivity contribution in [1.29, 1.82) is 0 Å².